The quantitative estimate of drug-likeness (QED) is 0.890. The van der Waals surface area contributed by atoms with Crippen LogP contribution < -0.4 is 5.32 Å². The number of aromatic nitrogens is 1. The average Bonchev–Trinajstić information content (AvgIpc) is 3.10. The highest BCUT2D eigenvalue weighted by atomic mass is 32.1. The van der Waals surface area contributed by atoms with Gasteiger partial charge < -0.3 is 10.4 Å². The minimum absolute atomic E-state index is 0.272. The van der Waals surface area contributed by atoms with Crippen LogP contribution in [0.25, 0.3) is 0 Å². The summed E-state index contributed by atoms with van der Waals surface area (Å²) in [6.45, 7) is 1.94. The van der Waals surface area contributed by atoms with Crippen molar-refractivity contribution in [2.75, 3.05) is 5.32 Å². The highest BCUT2D eigenvalue weighted by Crippen LogP contribution is 2.41. The second-order valence-electron chi connectivity index (χ2n) is 4.83. The van der Waals surface area contributed by atoms with E-state index in [1.807, 2.05) is 13.0 Å². The summed E-state index contributed by atoms with van der Waals surface area (Å²) in [5.74, 6) is -0.315. The number of hydrogen-bond donors (Lipinski definition) is 2. The lowest BCUT2D eigenvalue weighted by atomic mass is 10.1. The number of aryl methyl sites for hydroxylation is 1. The molecule has 19 heavy (non-hydrogen) atoms. The molecule has 0 atom stereocenters. The smallest absolute Gasteiger partial charge is 0.337 e. The molecule has 0 amide bonds. The first-order valence-corrected chi connectivity index (χ1v) is 7.08. The Hall–Kier alpha value is -1.88. The van der Waals surface area contributed by atoms with Gasteiger partial charge in [-0.2, -0.15) is 0 Å². The molecule has 0 aliphatic heterocycles. The van der Waals surface area contributed by atoms with Crippen molar-refractivity contribution in [1.82, 2.24) is 4.98 Å². The molecule has 0 bridgehead atoms. The van der Waals surface area contributed by atoms with E-state index >= 15 is 0 Å². The predicted molar refractivity (Wildman–Crippen MR) is 75.5 cm³/mol. The van der Waals surface area contributed by atoms with Crippen molar-refractivity contribution < 1.29 is 9.90 Å². The predicted octanol–water partition coefficient (Wildman–Crippen LogP) is 3.77. The molecule has 0 radical (unpaired) electrons. The van der Waals surface area contributed by atoms with Gasteiger partial charge in [0.2, 0.25) is 0 Å². The summed E-state index contributed by atoms with van der Waals surface area (Å²) in [5, 5.41) is 15.1. The largest absolute Gasteiger partial charge is 0.478 e. The molecule has 0 spiro atoms. The van der Waals surface area contributed by atoms with Crippen LogP contribution in [-0.2, 0) is 0 Å². The Morgan fingerprint density at radius 2 is 2.26 bits per heavy atom. The number of carboxylic acids is 1. The van der Waals surface area contributed by atoms with E-state index in [2.05, 4.69) is 15.7 Å². The van der Waals surface area contributed by atoms with Crippen molar-refractivity contribution in [3.8, 4) is 0 Å². The molecule has 5 heteroatoms. The third-order valence-corrected chi connectivity index (χ3v) is 3.94. The number of carboxylic acid groups (broad SMARTS) is 1. The summed E-state index contributed by atoms with van der Waals surface area (Å²) in [5.41, 5.74) is 3.02. The van der Waals surface area contributed by atoms with Gasteiger partial charge in [-0.1, -0.05) is 6.07 Å². The lowest BCUT2D eigenvalue weighted by Crippen LogP contribution is -2.03. The molecule has 1 aliphatic carbocycles. The van der Waals surface area contributed by atoms with E-state index in [-0.39, 0.29) is 5.56 Å². The van der Waals surface area contributed by atoms with E-state index in [0.717, 1.165) is 16.4 Å². The number of anilines is 2. The summed E-state index contributed by atoms with van der Waals surface area (Å²) in [6, 6.07) is 5.25. The number of nitrogens with zero attached hydrogens (tertiary/aromatic N) is 1. The summed E-state index contributed by atoms with van der Waals surface area (Å²) < 4.78 is 0. The van der Waals surface area contributed by atoms with E-state index in [4.69, 9.17) is 0 Å². The molecule has 98 valence electrons. The molecule has 1 saturated carbocycles. The van der Waals surface area contributed by atoms with Crippen molar-refractivity contribution in [2.24, 2.45) is 0 Å². The number of hydrogen-bond acceptors (Lipinski definition) is 4. The first-order valence-electron chi connectivity index (χ1n) is 6.20. The van der Waals surface area contributed by atoms with Gasteiger partial charge in [0.15, 0.2) is 5.13 Å². The zero-order valence-corrected chi connectivity index (χ0v) is 11.3. The van der Waals surface area contributed by atoms with E-state index in [1.54, 1.807) is 12.1 Å². The van der Waals surface area contributed by atoms with Gasteiger partial charge in [-0.05, 0) is 37.5 Å². The molecule has 2 aromatic rings. The van der Waals surface area contributed by atoms with Crippen LogP contribution in [0.3, 0.4) is 0 Å². The van der Waals surface area contributed by atoms with E-state index in [0.29, 0.717) is 11.6 Å². The highest BCUT2D eigenvalue weighted by Gasteiger charge is 2.26. The van der Waals surface area contributed by atoms with Crippen LogP contribution in [0.2, 0.25) is 0 Å². The van der Waals surface area contributed by atoms with Crippen molar-refractivity contribution in [3.63, 3.8) is 0 Å². The van der Waals surface area contributed by atoms with Crippen molar-refractivity contribution in [3.05, 3.63) is 40.4 Å². The fourth-order valence-electron chi connectivity index (χ4n) is 1.97. The van der Waals surface area contributed by atoms with Gasteiger partial charge in [-0.25, -0.2) is 9.78 Å². The molecule has 0 unspecified atom stereocenters. The topological polar surface area (TPSA) is 62.2 Å². The number of aromatic carboxylic acids is 1. The number of carbonyl (C=O) groups is 1. The minimum atomic E-state index is -0.929. The zero-order chi connectivity index (χ0) is 13.4. The Kier molecular flexibility index (Phi) is 2.98. The molecule has 1 aromatic carbocycles. The summed E-state index contributed by atoms with van der Waals surface area (Å²) in [7, 11) is 0. The second-order valence-corrected chi connectivity index (χ2v) is 5.69. The maximum absolute atomic E-state index is 11.2. The van der Waals surface area contributed by atoms with Crippen LogP contribution in [0.1, 0.15) is 40.4 Å². The summed E-state index contributed by atoms with van der Waals surface area (Å²) >= 11 is 1.52. The van der Waals surface area contributed by atoms with Gasteiger partial charge in [-0.3, -0.25) is 0 Å². The summed E-state index contributed by atoms with van der Waals surface area (Å²) in [4.78, 5) is 15.7. The lowest BCUT2D eigenvalue weighted by molar-refractivity contribution is 0.0698. The van der Waals surface area contributed by atoms with Crippen LogP contribution in [0.15, 0.2) is 23.6 Å². The number of benzene rings is 1. The number of nitrogens with one attached hydrogen (secondary N) is 1. The van der Waals surface area contributed by atoms with Crippen molar-refractivity contribution in [1.29, 1.82) is 0 Å². The average molecular weight is 274 g/mol. The third kappa shape index (κ3) is 2.61. The first-order chi connectivity index (χ1) is 9.13. The molecule has 1 fully saturated rings. The van der Waals surface area contributed by atoms with Gasteiger partial charge in [-0.15, -0.1) is 11.3 Å². The maximum atomic E-state index is 11.2. The van der Waals surface area contributed by atoms with Crippen LogP contribution in [0, 0.1) is 6.92 Å². The maximum Gasteiger partial charge on any atom is 0.337 e. The second kappa shape index (κ2) is 4.66. The molecule has 3 rings (SSSR count). The van der Waals surface area contributed by atoms with Crippen LogP contribution >= 0.6 is 11.3 Å². The normalized spacial score (nSPS) is 14.4. The van der Waals surface area contributed by atoms with Gasteiger partial charge in [0.05, 0.1) is 16.9 Å². The van der Waals surface area contributed by atoms with Gasteiger partial charge >= 0.3 is 5.97 Å². The SMILES string of the molecule is Cc1ccc(C(=O)O)c(Nc2nc(C3CC3)cs2)c1. The Bertz CT molecular complexity index is 632. The van der Waals surface area contributed by atoms with Crippen molar-refractivity contribution >= 4 is 28.1 Å². The Morgan fingerprint density at radius 3 is 2.95 bits per heavy atom. The van der Waals surface area contributed by atoms with Gasteiger partial charge in [0.1, 0.15) is 0 Å². The molecule has 4 nitrogen and oxygen atoms in total. The Balaban J connectivity index is 1.88. The van der Waals surface area contributed by atoms with Crippen LogP contribution in [0.5, 0.6) is 0 Å². The van der Waals surface area contributed by atoms with E-state index < -0.39 is 5.97 Å². The van der Waals surface area contributed by atoms with Gasteiger partial charge in [0, 0.05) is 11.3 Å². The number of thiazole rings is 1. The standard InChI is InChI=1S/C14H14N2O2S/c1-8-2-5-10(13(17)18)11(6-8)15-14-16-12(7-19-14)9-3-4-9/h2,5-7,9H,3-4H2,1H3,(H,15,16)(H,17,18). The fourth-order valence-corrected chi connectivity index (χ4v) is 2.78. The molecular formula is C14H14N2O2S. The zero-order valence-electron chi connectivity index (χ0n) is 10.5. The van der Waals surface area contributed by atoms with Crippen LogP contribution in [-0.4, -0.2) is 16.1 Å². The lowest BCUT2D eigenvalue weighted by Gasteiger charge is -2.07. The highest BCUT2D eigenvalue weighted by molar-refractivity contribution is 7.13. The number of rotatable bonds is 4. The van der Waals surface area contributed by atoms with Gasteiger partial charge in [0.25, 0.3) is 0 Å². The van der Waals surface area contributed by atoms with Crippen molar-refractivity contribution in [2.45, 2.75) is 25.7 Å². The molecule has 1 aliphatic rings. The third-order valence-electron chi connectivity index (χ3n) is 3.16. The fraction of sp³-hybridized carbons (Fsp3) is 0.286. The monoisotopic (exact) mass is 274 g/mol. The molecule has 1 heterocycles. The summed E-state index contributed by atoms with van der Waals surface area (Å²) in [6.07, 6.45) is 2.43. The van der Waals surface area contributed by atoms with Crippen LogP contribution in [0.4, 0.5) is 10.8 Å². The minimum Gasteiger partial charge on any atom is -0.478 e. The van der Waals surface area contributed by atoms with E-state index in [9.17, 15) is 9.90 Å². The Labute approximate surface area is 115 Å². The molecule has 0 saturated heterocycles. The first kappa shape index (κ1) is 12.2. The molecule has 2 N–H and O–H groups in total. The van der Waals surface area contributed by atoms with E-state index in [1.165, 1.54) is 24.2 Å². The molecular weight excluding hydrogens is 260 g/mol. The Morgan fingerprint density at radius 1 is 1.47 bits per heavy atom. The molecule has 1 aromatic heterocycles.